The van der Waals surface area contributed by atoms with E-state index in [2.05, 4.69) is 22.3 Å². The molecule has 0 amide bonds. The van der Waals surface area contributed by atoms with E-state index in [1.54, 1.807) is 0 Å². The molecule has 5 rings (SSSR count). The number of benzene rings is 2. The van der Waals surface area contributed by atoms with E-state index in [0.717, 1.165) is 34.5 Å². The number of ether oxygens (including phenoxy) is 2. The van der Waals surface area contributed by atoms with Crippen LogP contribution >= 0.6 is 11.6 Å². The quantitative estimate of drug-likeness (QED) is 0.707. The van der Waals surface area contributed by atoms with Crippen molar-refractivity contribution in [2.45, 2.75) is 39.0 Å². The first-order valence-electron chi connectivity index (χ1n) is 10.3. The van der Waals surface area contributed by atoms with Gasteiger partial charge in [-0.05, 0) is 62.5 Å². The van der Waals surface area contributed by atoms with Gasteiger partial charge in [-0.1, -0.05) is 35.9 Å². The summed E-state index contributed by atoms with van der Waals surface area (Å²) in [6.07, 6.45) is 2.66. The molecule has 28 heavy (non-hydrogen) atoms. The van der Waals surface area contributed by atoms with Gasteiger partial charge in [0.15, 0.2) is 11.5 Å². The van der Waals surface area contributed by atoms with E-state index in [1.807, 2.05) is 37.3 Å². The van der Waals surface area contributed by atoms with Crippen molar-refractivity contribution in [1.29, 1.82) is 0 Å². The summed E-state index contributed by atoms with van der Waals surface area (Å²) < 4.78 is 11.9. The number of halogens is 1. The van der Waals surface area contributed by atoms with Gasteiger partial charge < -0.3 is 19.7 Å². The first-order chi connectivity index (χ1) is 13.7. The normalized spacial score (nSPS) is 23.6. The minimum Gasteiger partial charge on any atom is -0.490 e. The summed E-state index contributed by atoms with van der Waals surface area (Å²) in [7, 11) is 0. The molecule has 0 aromatic heterocycles. The molecule has 5 heteroatoms. The van der Waals surface area contributed by atoms with E-state index in [-0.39, 0.29) is 0 Å². The molecule has 4 nitrogen and oxygen atoms in total. The van der Waals surface area contributed by atoms with Gasteiger partial charge in [-0.25, -0.2) is 0 Å². The van der Waals surface area contributed by atoms with E-state index in [4.69, 9.17) is 21.1 Å². The second-order valence-electron chi connectivity index (χ2n) is 7.72. The summed E-state index contributed by atoms with van der Waals surface area (Å²) in [6, 6.07) is 14.6. The van der Waals surface area contributed by atoms with Crippen molar-refractivity contribution in [3.63, 3.8) is 0 Å². The van der Waals surface area contributed by atoms with Gasteiger partial charge >= 0.3 is 0 Å². The van der Waals surface area contributed by atoms with Gasteiger partial charge in [-0.15, -0.1) is 0 Å². The third-order valence-electron chi connectivity index (χ3n) is 5.87. The molecule has 0 unspecified atom stereocenters. The van der Waals surface area contributed by atoms with Gasteiger partial charge in [-0.2, -0.15) is 0 Å². The van der Waals surface area contributed by atoms with Crippen LogP contribution in [-0.4, -0.2) is 37.2 Å². The second kappa shape index (κ2) is 9.17. The lowest BCUT2D eigenvalue weighted by Crippen LogP contribution is -2.55. The fourth-order valence-electron chi connectivity index (χ4n) is 4.27. The molecule has 1 atom stereocenters. The van der Waals surface area contributed by atoms with Crippen LogP contribution in [0.4, 0.5) is 0 Å². The summed E-state index contributed by atoms with van der Waals surface area (Å²) in [5, 5.41) is 4.49. The molecule has 2 aromatic carbocycles. The Kier molecular flexibility index (Phi) is 6.40. The number of hydrogen-bond acceptors (Lipinski definition) is 4. The lowest BCUT2D eigenvalue weighted by atomic mass is 9.84. The van der Waals surface area contributed by atoms with Crippen LogP contribution in [0.15, 0.2) is 42.5 Å². The van der Waals surface area contributed by atoms with Crippen LogP contribution < -0.4 is 14.8 Å². The van der Waals surface area contributed by atoms with Gasteiger partial charge in [0.2, 0.25) is 0 Å². The highest BCUT2D eigenvalue weighted by Gasteiger charge is 2.33. The summed E-state index contributed by atoms with van der Waals surface area (Å²) in [5.74, 6) is 2.38. The lowest BCUT2D eigenvalue weighted by Gasteiger charge is -2.45. The van der Waals surface area contributed by atoms with Crippen molar-refractivity contribution in [1.82, 2.24) is 10.2 Å². The zero-order valence-electron chi connectivity index (χ0n) is 16.5. The highest BCUT2D eigenvalue weighted by Crippen LogP contribution is 2.31. The van der Waals surface area contributed by atoms with Gasteiger partial charge in [0.05, 0.1) is 6.61 Å². The zero-order chi connectivity index (χ0) is 19.3. The van der Waals surface area contributed by atoms with Gasteiger partial charge in [0.1, 0.15) is 6.61 Å². The van der Waals surface area contributed by atoms with Crippen LogP contribution in [0.1, 0.15) is 30.9 Å². The number of nitrogens with one attached hydrogen (secondary N) is 1. The molecule has 0 saturated carbocycles. The third-order valence-corrected chi connectivity index (χ3v) is 6.24. The molecule has 3 aliphatic heterocycles. The predicted molar refractivity (Wildman–Crippen MR) is 113 cm³/mol. The Balaban J connectivity index is 1.39. The number of rotatable bonds is 8. The first-order valence-corrected chi connectivity index (χ1v) is 10.7. The van der Waals surface area contributed by atoms with Crippen molar-refractivity contribution in [3.8, 4) is 11.5 Å². The van der Waals surface area contributed by atoms with Crippen molar-refractivity contribution in [2.75, 3.05) is 26.2 Å². The third kappa shape index (κ3) is 4.62. The molecule has 3 heterocycles. The molecule has 3 saturated heterocycles. The molecular weight excluding hydrogens is 372 g/mol. The number of piperidine rings is 3. The molecule has 0 aliphatic carbocycles. The highest BCUT2D eigenvalue weighted by atomic mass is 35.5. The Morgan fingerprint density at radius 3 is 2.61 bits per heavy atom. The van der Waals surface area contributed by atoms with Crippen LogP contribution in [0.25, 0.3) is 0 Å². The maximum Gasteiger partial charge on any atom is 0.161 e. The van der Waals surface area contributed by atoms with Gasteiger partial charge in [-0.3, -0.25) is 0 Å². The molecule has 2 aromatic rings. The monoisotopic (exact) mass is 400 g/mol. The Morgan fingerprint density at radius 2 is 1.89 bits per heavy atom. The van der Waals surface area contributed by atoms with E-state index >= 15 is 0 Å². The largest absolute Gasteiger partial charge is 0.490 e. The summed E-state index contributed by atoms with van der Waals surface area (Å²) >= 11 is 6.24. The summed E-state index contributed by atoms with van der Waals surface area (Å²) in [4.78, 5) is 2.58. The highest BCUT2D eigenvalue weighted by molar-refractivity contribution is 6.31. The van der Waals surface area contributed by atoms with Crippen LogP contribution in [0.2, 0.25) is 5.02 Å². The van der Waals surface area contributed by atoms with E-state index in [1.165, 1.54) is 38.0 Å². The SMILES string of the molecule is CCOc1cc(CN[C@H]2CN3CCC2CC3)ccc1OCc1ccccc1Cl. The van der Waals surface area contributed by atoms with E-state index < -0.39 is 0 Å². The van der Waals surface area contributed by atoms with Crippen molar-refractivity contribution < 1.29 is 9.47 Å². The van der Waals surface area contributed by atoms with Crippen LogP contribution in [0, 0.1) is 5.92 Å². The topological polar surface area (TPSA) is 33.7 Å². The Morgan fingerprint density at radius 1 is 1.07 bits per heavy atom. The van der Waals surface area contributed by atoms with Crippen LogP contribution in [0.3, 0.4) is 0 Å². The molecule has 0 spiro atoms. The summed E-state index contributed by atoms with van der Waals surface area (Å²) in [5.41, 5.74) is 2.20. The Bertz CT molecular complexity index is 790. The zero-order valence-corrected chi connectivity index (χ0v) is 17.3. The molecule has 3 aliphatic rings. The van der Waals surface area contributed by atoms with E-state index in [0.29, 0.717) is 19.3 Å². The molecule has 0 radical (unpaired) electrons. The fourth-order valence-corrected chi connectivity index (χ4v) is 4.46. The standard InChI is InChI=1S/C23H29ClN2O2/c1-2-27-23-13-17(14-25-21-15-26-11-9-18(21)10-12-26)7-8-22(23)28-16-19-5-3-4-6-20(19)24/h3-8,13,18,21,25H,2,9-12,14-16H2,1H3/t21-/m0/s1. The van der Waals surface area contributed by atoms with Crippen LogP contribution in [-0.2, 0) is 13.2 Å². The molecule has 150 valence electrons. The molecule has 3 fully saturated rings. The van der Waals surface area contributed by atoms with Gasteiger partial charge in [0, 0.05) is 29.7 Å². The van der Waals surface area contributed by atoms with Crippen LogP contribution in [0.5, 0.6) is 11.5 Å². The van der Waals surface area contributed by atoms with E-state index in [9.17, 15) is 0 Å². The first kappa shape index (κ1) is 19.6. The molecule has 1 N–H and O–H groups in total. The van der Waals surface area contributed by atoms with Crippen molar-refractivity contribution >= 4 is 11.6 Å². The Labute approximate surface area is 172 Å². The second-order valence-corrected chi connectivity index (χ2v) is 8.13. The van der Waals surface area contributed by atoms with Crippen molar-refractivity contribution in [2.24, 2.45) is 5.92 Å². The summed E-state index contributed by atoms with van der Waals surface area (Å²) in [6.45, 7) is 7.62. The average molecular weight is 401 g/mol. The van der Waals surface area contributed by atoms with Gasteiger partial charge in [0.25, 0.3) is 0 Å². The average Bonchev–Trinajstić information content (AvgIpc) is 2.74. The predicted octanol–water partition coefficient (Wildman–Crippen LogP) is 4.50. The Hall–Kier alpha value is -1.75. The number of fused-ring (bicyclic) bond motifs is 3. The number of nitrogens with zero attached hydrogens (tertiary/aromatic N) is 1. The lowest BCUT2D eigenvalue weighted by molar-refractivity contribution is 0.0720. The molecule has 2 bridgehead atoms. The maximum atomic E-state index is 6.24. The minimum absolute atomic E-state index is 0.428. The minimum atomic E-state index is 0.428. The fraction of sp³-hybridized carbons (Fsp3) is 0.478. The number of hydrogen-bond donors (Lipinski definition) is 1. The maximum absolute atomic E-state index is 6.24. The smallest absolute Gasteiger partial charge is 0.161 e. The van der Waals surface area contributed by atoms with Crippen molar-refractivity contribution in [3.05, 3.63) is 58.6 Å². The molecular formula is C23H29ClN2O2.